The summed E-state index contributed by atoms with van der Waals surface area (Å²) in [6, 6.07) is 6.76. The van der Waals surface area contributed by atoms with Gasteiger partial charge in [-0.05, 0) is 18.2 Å². The minimum absolute atomic E-state index is 0.145. The van der Waals surface area contributed by atoms with E-state index in [9.17, 15) is 9.59 Å². The van der Waals surface area contributed by atoms with Gasteiger partial charge >= 0.3 is 5.97 Å². The van der Waals surface area contributed by atoms with Gasteiger partial charge in [0.05, 0.1) is 6.54 Å². The molecule has 23 heavy (non-hydrogen) atoms. The Morgan fingerprint density at radius 3 is 3.00 bits per heavy atom. The molecule has 1 amide bonds. The van der Waals surface area contributed by atoms with E-state index in [0.29, 0.717) is 35.1 Å². The molecular formula is C15H13ClN2O5. The molecule has 0 radical (unpaired) electrons. The van der Waals surface area contributed by atoms with Crippen molar-refractivity contribution in [2.24, 2.45) is 0 Å². The van der Waals surface area contributed by atoms with Crippen LogP contribution in [0.4, 0.5) is 0 Å². The Hall–Kier alpha value is -2.54. The number of carbonyl (C=O) groups is 2. The van der Waals surface area contributed by atoms with E-state index in [1.54, 1.807) is 24.3 Å². The number of carboxylic acid groups (broad SMARTS) is 1. The van der Waals surface area contributed by atoms with E-state index in [1.807, 2.05) is 0 Å². The van der Waals surface area contributed by atoms with Crippen LogP contribution in [-0.2, 0) is 17.8 Å². The maximum atomic E-state index is 12.2. The summed E-state index contributed by atoms with van der Waals surface area (Å²) in [5.41, 5.74) is 0.299. The quantitative estimate of drug-likeness (QED) is 0.917. The Balaban J connectivity index is 1.65. The molecule has 0 bridgehead atoms. The molecule has 0 fully saturated rings. The van der Waals surface area contributed by atoms with Crippen molar-refractivity contribution in [1.82, 2.24) is 10.1 Å². The lowest BCUT2D eigenvalue weighted by atomic mass is 10.1. The SMILES string of the molecule is O=C(O)c1noc2c1CN(C(=O)COc1cccc(Cl)c1)CC2. The second kappa shape index (κ2) is 6.29. The lowest BCUT2D eigenvalue weighted by Gasteiger charge is -2.26. The molecule has 0 spiro atoms. The predicted molar refractivity (Wildman–Crippen MR) is 79.5 cm³/mol. The van der Waals surface area contributed by atoms with Crippen molar-refractivity contribution in [1.29, 1.82) is 0 Å². The molecule has 8 heteroatoms. The third-order valence-electron chi connectivity index (χ3n) is 3.54. The molecule has 1 N–H and O–H groups in total. The predicted octanol–water partition coefficient (Wildman–Crippen LogP) is 1.99. The summed E-state index contributed by atoms with van der Waals surface area (Å²) in [7, 11) is 0. The highest BCUT2D eigenvalue weighted by Gasteiger charge is 2.29. The number of benzene rings is 1. The minimum Gasteiger partial charge on any atom is -0.484 e. The summed E-state index contributed by atoms with van der Waals surface area (Å²) in [6.45, 7) is 0.431. The van der Waals surface area contributed by atoms with Gasteiger partial charge in [0.1, 0.15) is 11.5 Å². The fourth-order valence-electron chi connectivity index (χ4n) is 2.38. The standard InChI is InChI=1S/C15H13ClN2O5/c16-9-2-1-3-10(6-9)22-8-13(19)18-5-4-12-11(7-18)14(15(20)21)17-23-12/h1-3,6H,4-5,7-8H2,(H,20,21). The smallest absolute Gasteiger partial charge is 0.358 e. The van der Waals surface area contributed by atoms with E-state index in [4.69, 9.17) is 26.0 Å². The number of carboxylic acids is 1. The summed E-state index contributed by atoms with van der Waals surface area (Å²) >= 11 is 5.85. The van der Waals surface area contributed by atoms with Gasteiger partial charge in [-0.15, -0.1) is 0 Å². The van der Waals surface area contributed by atoms with Crippen molar-refractivity contribution in [3.8, 4) is 5.75 Å². The normalized spacial score (nSPS) is 13.5. The topological polar surface area (TPSA) is 92.9 Å². The molecule has 0 unspecified atom stereocenters. The maximum absolute atomic E-state index is 12.2. The number of fused-ring (bicyclic) bond motifs is 1. The fourth-order valence-corrected chi connectivity index (χ4v) is 2.56. The number of ether oxygens (including phenoxy) is 1. The van der Waals surface area contributed by atoms with Crippen molar-refractivity contribution in [3.05, 3.63) is 46.3 Å². The molecule has 1 aliphatic rings. The van der Waals surface area contributed by atoms with E-state index in [1.165, 1.54) is 4.90 Å². The van der Waals surface area contributed by atoms with Crippen LogP contribution in [0.25, 0.3) is 0 Å². The molecule has 0 saturated carbocycles. The monoisotopic (exact) mass is 336 g/mol. The second-order valence-corrected chi connectivity index (χ2v) is 5.49. The van der Waals surface area contributed by atoms with Crippen LogP contribution in [0.15, 0.2) is 28.8 Å². The lowest BCUT2D eigenvalue weighted by Crippen LogP contribution is -2.39. The van der Waals surface area contributed by atoms with Gasteiger partial charge in [-0.2, -0.15) is 0 Å². The van der Waals surface area contributed by atoms with E-state index < -0.39 is 5.97 Å². The zero-order valence-corrected chi connectivity index (χ0v) is 12.7. The molecule has 3 rings (SSSR count). The molecule has 120 valence electrons. The first-order valence-electron chi connectivity index (χ1n) is 6.91. The number of carbonyl (C=O) groups excluding carboxylic acids is 1. The van der Waals surface area contributed by atoms with Gasteiger partial charge in [0.2, 0.25) is 0 Å². The van der Waals surface area contributed by atoms with Crippen LogP contribution in [0.2, 0.25) is 5.02 Å². The zero-order chi connectivity index (χ0) is 16.4. The number of halogens is 1. The maximum Gasteiger partial charge on any atom is 0.358 e. The molecule has 1 aromatic heterocycles. The van der Waals surface area contributed by atoms with Gasteiger partial charge in [0.25, 0.3) is 5.91 Å². The number of rotatable bonds is 4. The first-order valence-corrected chi connectivity index (χ1v) is 7.29. The number of amides is 1. The summed E-state index contributed by atoms with van der Waals surface area (Å²) in [5, 5.41) is 13.1. The summed E-state index contributed by atoms with van der Waals surface area (Å²) in [5.74, 6) is -0.394. The molecule has 0 saturated heterocycles. The van der Waals surface area contributed by atoms with Gasteiger partial charge in [0, 0.05) is 23.6 Å². The highest BCUT2D eigenvalue weighted by atomic mass is 35.5. The van der Waals surface area contributed by atoms with E-state index >= 15 is 0 Å². The molecule has 0 atom stereocenters. The molecule has 2 heterocycles. The Bertz CT molecular complexity index is 758. The van der Waals surface area contributed by atoms with Crippen LogP contribution in [0.5, 0.6) is 5.75 Å². The van der Waals surface area contributed by atoms with Crippen molar-refractivity contribution >= 4 is 23.5 Å². The van der Waals surface area contributed by atoms with Crippen molar-refractivity contribution < 1.29 is 24.0 Å². The number of nitrogens with zero attached hydrogens (tertiary/aromatic N) is 2. The highest BCUT2D eigenvalue weighted by molar-refractivity contribution is 6.30. The minimum atomic E-state index is -1.17. The van der Waals surface area contributed by atoms with Gasteiger partial charge in [0.15, 0.2) is 12.3 Å². The van der Waals surface area contributed by atoms with Crippen LogP contribution in [0, 0.1) is 0 Å². The molecule has 1 aliphatic heterocycles. The lowest BCUT2D eigenvalue weighted by molar-refractivity contribution is -0.134. The molecule has 7 nitrogen and oxygen atoms in total. The van der Waals surface area contributed by atoms with E-state index in [0.717, 1.165) is 0 Å². The van der Waals surface area contributed by atoms with Gasteiger partial charge < -0.3 is 19.3 Å². The van der Waals surface area contributed by atoms with E-state index in [2.05, 4.69) is 5.16 Å². The van der Waals surface area contributed by atoms with Crippen LogP contribution in [-0.4, -0.2) is 40.2 Å². The van der Waals surface area contributed by atoms with E-state index in [-0.39, 0.29) is 24.8 Å². The van der Waals surface area contributed by atoms with Crippen molar-refractivity contribution in [3.63, 3.8) is 0 Å². The average molecular weight is 337 g/mol. The Labute approximate surface area is 136 Å². The van der Waals surface area contributed by atoms with Crippen molar-refractivity contribution in [2.75, 3.05) is 13.2 Å². The van der Waals surface area contributed by atoms with Crippen LogP contribution in [0.3, 0.4) is 0 Å². The largest absolute Gasteiger partial charge is 0.484 e. The van der Waals surface area contributed by atoms with Gasteiger partial charge in [-0.3, -0.25) is 4.79 Å². The second-order valence-electron chi connectivity index (χ2n) is 5.05. The fraction of sp³-hybridized carbons (Fsp3) is 0.267. The summed E-state index contributed by atoms with van der Waals surface area (Å²) in [6.07, 6.45) is 0.429. The van der Waals surface area contributed by atoms with Crippen molar-refractivity contribution in [2.45, 2.75) is 13.0 Å². The molecule has 0 aliphatic carbocycles. The summed E-state index contributed by atoms with van der Waals surface area (Å²) in [4.78, 5) is 24.9. The van der Waals surface area contributed by atoms with Gasteiger partial charge in [-0.25, -0.2) is 4.79 Å². The molecular weight excluding hydrogens is 324 g/mol. The van der Waals surface area contributed by atoms with Crippen LogP contribution < -0.4 is 4.74 Å². The third kappa shape index (κ3) is 3.29. The Morgan fingerprint density at radius 1 is 1.43 bits per heavy atom. The first-order chi connectivity index (χ1) is 11.0. The Kier molecular flexibility index (Phi) is 4.20. The number of hydrogen-bond acceptors (Lipinski definition) is 5. The first kappa shape index (κ1) is 15.4. The number of aromatic carboxylic acids is 1. The highest BCUT2D eigenvalue weighted by Crippen LogP contribution is 2.23. The van der Waals surface area contributed by atoms with Gasteiger partial charge in [-0.1, -0.05) is 22.8 Å². The average Bonchev–Trinajstić information content (AvgIpc) is 2.96. The zero-order valence-electron chi connectivity index (χ0n) is 12.0. The van der Waals surface area contributed by atoms with Crippen LogP contribution in [0.1, 0.15) is 21.8 Å². The number of hydrogen-bond donors (Lipinski definition) is 1. The third-order valence-corrected chi connectivity index (χ3v) is 3.78. The van der Waals surface area contributed by atoms with Crippen LogP contribution >= 0.6 is 11.6 Å². The molecule has 1 aromatic carbocycles. The Morgan fingerprint density at radius 2 is 2.26 bits per heavy atom. The number of aromatic nitrogens is 1. The molecule has 2 aromatic rings. The summed E-state index contributed by atoms with van der Waals surface area (Å²) < 4.78 is 10.4.